The number of hydrogen-bond acceptors (Lipinski definition) is 5. The summed E-state index contributed by atoms with van der Waals surface area (Å²) >= 11 is 0. The number of hydrogen-bond donors (Lipinski definition) is 1. The molecule has 4 rings (SSSR count). The first-order valence-corrected chi connectivity index (χ1v) is 7.25. The maximum Gasteiger partial charge on any atom is 0.298 e. The Labute approximate surface area is 121 Å². The number of rotatable bonds is 2. The van der Waals surface area contributed by atoms with Gasteiger partial charge < -0.3 is 19.8 Å². The zero-order chi connectivity index (χ0) is 14.4. The summed E-state index contributed by atoms with van der Waals surface area (Å²) in [7, 11) is 0. The number of fused-ring (bicyclic) bond motifs is 1. The minimum Gasteiger partial charge on any atom is -0.423 e. The number of ether oxygens (including phenoxy) is 1. The molecule has 2 fully saturated rings. The minimum absolute atomic E-state index is 0.113. The maximum absolute atomic E-state index is 11.2. The van der Waals surface area contributed by atoms with Gasteiger partial charge in [-0.15, -0.1) is 0 Å². The van der Waals surface area contributed by atoms with Crippen LogP contribution >= 0.6 is 0 Å². The Morgan fingerprint density at radius 2 is 2.05 bits per heavy atom. The molecular weight excluding hydrogens is 270 g/mol. The van der Waals surface area contributed by atoms with Gasteiger partial charge >= 0.3 is 0 Å². The molecule has 1 spiro atoms. The summed E-state index contributed by atoms with van der Waals surface area (Å²) in [4.78, 5) is 17.8. The lowest BCUT2D eigenvalue weighted by atomic mass is 9.84. The SMILES string of the molecule is NC(=O)c1ccc2oc(N3CCC4(CCO4)CC3)nc2c1. The molecule has 0 unspecified atom stereocenters. The minimum atomic E-state index is -0.455. The third kappa shape index (κ3) is 2.06. The van der Waals surface area contributed by atoms with Crippen molar-refractivity contribution in [2.75, 3.05) is 24.6 Å². The van der Waals surface area contributed by atoms with Crippen molar-refractivity contribution in [3.63, 3.8) is 0 Å². The fraction of sp³-hybridized carbons (Fsp3) is 0.467. The molecule has 21 heavy (non-hydrogen) atoms. The van der Waals surface area contributed by atoms with E-state index < -0.39 is 5.91 Å². The van der Waals surface area contributed by atoms with E-state index in [1.807, 2.05) is 0 Å². The Morgan fingerprint density at radius 3 is 2.67 bits per heavy atom. The summed E-state index contributed by atoms with van der Waals surface area (Å²) in [5, 5.41) is 0. The van der Waals surface area contributed by atoms with E-state index in [0.29, 0.717) is 22.7 Å². The van der Waals surface area contributed by atoms with E-state index in [9.17, 15) is 4.79 Å². The number of oxazole rings is 1. The van der Waals surface area contributed by atoms with Crippen molar-refractivity contribution in [3.05, 3.63) is 23.8 Å². The van der Waals surface area contributed by atoms with E-state index >= 15 is 0 Å². The van der Waals surface area contributed by atoms with Crippen molar-refractivity contribution in [3.8, 4) is 0 Å². The number of nitrogens with two attached hydrogens (primary N) is 1. The van der Waals surface area contributed by atoms with Gasteiger partial charge in [0.2, 0.25) is 5.91 Å². The molecule has 2 saturated heterocycles. The number of benzene rings is 1. The number of anilines is 1. The standard InChI is InChI=1S/C15H17N3O3/c16-13(19)10-1-2-12-11(9-10)17-14(21-12)18-6-3-15(4-7-18)5-8-20-15/h1-2,9H,3-8H2,(H2,16,19). The topological polar surface area (TPSA) is 81.6 Å². The van der Waals surface area contributed by atoms with Gasteiger partial charge in [0.15, 0.2) is 5.58 Å². The molecule has 1 aromatic carbocycles. The van der Waals surface area contributed by atoms with Crippen LogP contribution in [0.15, 0.2) is 22.6 Å². The Bertz CT molecular complexity index is 695. The number of nitrogens with zero attached hydrogens (tertiary/aromatic N) is 2. The fourth-order valence-corrected chi connectivity index (χ4v) is 3.09. The zero-order valence-corrected chi connectivity index (χ0v) is 11.7. The normalized spacial score (nSPS) is 20.7. The number of carbonyl (C=O) groups excluding carboxylic acids is 1. The smallest absolute Gasteiger partial charge is 0.298 e. The molecule has 2 aliphatic rings. The van der Waals surface area contributed by atoms with E-state index in [2.05, 4.69) is 9.88 Å². The van der Waals surface area contributed by atoms with Crippen LogP contribution < -0.4 is 10.6 Å². The molecule has 110 valence electrons. The molecule has 2 N–H and O–H groups in total. The predicted octanol–water partition coefficient (Wildman–Crippen LogP) is 1.69. The second-order valence-electron chi connectivity index (χ2n) is 5.81. The molecule has 0 atom stereocenters. The van der Waals surface area contributed by atoms with Crippen LogP contribution in [0.2, 0.25) is 0 Å². The lowest BCUT2D eigenvalue weighted by Gasteiger charge is -2.47. The van der Waals surface area contributed by atoms with E-state index in [4.69, 9.17) is 14.9 Å². The third-order valence-corrected chi connectivity index (χ3v) is 4.57. The van der Waals surface area contributed by atoms with Crippen molar-refractivity contribution in [1.29, 1.82) is 0 Å². The van der Waals surface area contributed by atoms with Crippen molar-refractivity contribution < 1.29 is 13.9 Å². The highest BCUT2D eigenvalue weighted by Crippen LogP contribution is 2.38. The quantitative estimate of drug-likeness (QED) is 0.909. The molecule has 3 heterocycles. The number of carbonyl (C=O) groups is 1. The largest absolute Gasteiger partial charge is 0.423 e. The Balaban J connectivity index is 1.58. The first-order valence-electron chi connectivity index (χ1n) is 7.25. The van der Waals surface area contributed by atoms with Crippen molar-refractivity contribution in [1.82, 2.24) is 4.98 Å². The van der Waals surface area contributed by atoms with Gasteiger partial charge in [-0.05, 0) is 37.5 Å². The van der Waals surface area contributed by atoms with E-state index in [-0.39, 0.29) is 5.60 Å². The molecular formula is C15H17N3O3. The summed E-state index contributed by atoms with van der Waals surface area (Å²) in [5.74, 6) is -0.455. The molecule has 0 radical (unpaired) electrons. The van der Waals surface area contributed by atoms with E-state index in [0.717, 1.165) is 39.0 Å². The van der Waals surface area contributed by atoms with Gasteiger partial charge in [0.05, 0.1) is 12.2 Å². The molecule has 1 amide bonds. The average Bonchev–Trinajstić information content (AvgIpc) is 2.88. The molecule has 2 aromatic rings. The molecule has 0 bridgehead atoms. The summed E-state index contributed by atoms with van der Waals surface area (Å²) in [5.41, 5.74) is 7.19. The van der Waals surface area contributed by atoms with Gasteiger partial charge in [-0.1, -0.05) is 0 Å². The molecule has 6 heteroatoms. The second kappa shape index (κ2) is 4.46. The highest BCUT2D eigenvalue weighted by molar-refractivity contribution is 5.96. The van der Waals surface area contributed by atoms with Gasteiger partial charge in [0, 0.05) is 18.7 Å². The van der Waals surface area contributed by atoms with Crippen LogP contribution in [-0.4, -0.2) is 36.2 Å². The van der Waals surface area contributed by atoms with Gasteiger partial charge in [0.1, 0.15) is 5.52 Å². The van der Waals surface area contributed by atoms with Gasteiger partial charge in [-0.3, -0.25) is 4.79 Å². The van der Waals surface area contributed by atoms with Crippen LogP contribution in [0.4, 0.5) is 6.01 Å². The number of primary amides is 1. The van der Waals surface area contributed by atoms with Crippen LogP contribution in [0, 0.1) is 0 Å². The van der Waals surface area contributed by atoms with Crippen molar-refractivity contribution in [2.45, 2.75) is 24.9 Å². The van der Waals surface area contributed by atoms with Crippen LogP contribution in [0.5, 0.6) is 0 Å². The zero-order valence-electron chi connectivity index (χ0n) is 11.7. The van der Waals surface area contributed by atoms with Crippen LogP contribution in [0.1, 0.15) is 29.6 Å². The lowest BCUT2D eigenvalue weighted by molar-refractivity contribution is -0.158. The van der Waals surface area contributed by atoms with Gasteiger partial charge in [-0.2, -0.15) is 4.98 Å². The van der Waals surface area contributed by atoms with Crippen LogP contribution in [-0.2, 0) is 4.74 Å². The molecule has 2 aliphatic heterocycles. The monoisotopic (exact) mass is 287 g/mol. The third-order valence-electron chi connectivity index (χ3n) is 4.57. The summed E-state index contributed by atoms with van der Waals surface area (Å²) in [6, 6.07) is 5.69. The van der Waals surface area contributed by atoms with E-state index in [1.54, 1.807) is 18.2 Å². The Morgan fingerprint density at radius 1 is 1.29 bits per heavy atom. The van der Waals surface area contributed by atoms with Crippen LogP contribution in [0.25, 0.3) is 11.1 Å². The first-order chi connectivity index (χ1) is 10.2. The first kappa shape index (κ1) is 12.6. The Hall–Kier alpha value is -2.08. The number of aromatic nitrogens is 1. The summed E-state index contributed by atoms with van der Waals surface area (Å²) in [6.45, 7) is 2.66. The highest BCUT2D eigenvalue weighted by Gasteiger charge is 2.41. The molecule has 6 nitrogen and oxygen atoms in total. The van der Waals surface area contributed by atoms with Crippen molar-refractivity contribution in [2.24, 2.45) is 5.73 Å². The second-order valence-corrected chi connectivity index (χ2v) is 5.81. The fourth-order valence-electron chi connectivity index (χ4n) is 3.09. The van der Waals surface area contributed by atoms with Crippen molar-refractivity contribution >= 4 is 23.0 Å². The average molecular weight is 287 g/mol. The number of piperidine rings is 1. The van der Waals surface area contributed by atoms with Gasteiger partial charge in [0.25, 0.3) is 6.01 Å². The van der Waals surface area contributed by atoms with Crippen LogP contribution in [0.3, 0.4) is 0 Å². The molecule has 0 aliphatic carbocycles. The lowest BCUT2D eigenvalue weighted by Crippen LogP contribution is -2.52. The van der Waals surface area contributed by atoms with E-state index in [1.165, 1.54) is 0 Å². The van der Waals surface area contributed by atoms with Gasteiger partial charge in [-0.25, -0.2) is 0 Å². The summed E-state index contributed by atoms with van der Waals surface area (Å²) in [6.07, 6.45) is 3.19. The molecule has 1 aromatic heterocycles. The number of amides is 1. The molecule has 0 saturated carbocycles. The summed E-state index contributed by atoms with van der Waals surface area (Å²) < 4.78 is 11.5. The maximum atomic E-state index is 11.2. The predicted molar refractivity (Wildman–Crippen MR) is 77.3 cm³/mol. The Kier molecular flexibility index (Phi) is 2.68. The highest BCUT2D eigenvalue weighted by atomic mass is 16.5.